The van der Waals surface area contributed by atoms with Gasteiger partial charge in [0.15, 0.2) is 0 Å². The average molecular weight is 248 g/mol. The molecule has 1 aromatic rings. The maximum atomic E-state index is 6.49. The minimum atomic E-state index is 0.112. The second-order valence-corrected chi connectivity index (χ2v) is 5.59. The molecule has 0 spiro atoms. The molecular formula is C14H24N4. The van der Waals surface area contributed by atoms with E-state index >= 15 is 0 Å². The van der Waals surface area contributed by atoms with Gasteiger partial charge in [0.2, 0.25) is 0 Å². The van der Waals surface area contributed by atoms with Gasteiger partial charge in [-0.05, 0) is 45.0 Å². The van der Waals surface area contributed by atoms with Crippen LogP contribution in [0.25, 0.3) is 0 Å². The van der Waals surface area contributed by atoms with Crippen molar-refractivity contribution in [3.05, 3.63) is 24.0 Å². The van der Waals surface area contributed by atoms with Gasteiger partial charge >= 0.3 is 0 Å². The molecule has 0 amide bonds. The summed E-state index contributed by atoms with van der Waals surface area (Å²) in [5, 5.41) is 0. The van der Waals surface area contributed by atoms with Crippen LogP contribution in [0.2, 0.25) is 0 Å². The fourth-order valence-electron chi connectivity index (χ4n) is 3.17. The number of aromatic nitrogens is 1. The SMILES string of the molecule is CN(C)C1(C(N)Cc2cnccc2N)CCCC1. The first kappa shape index (κ1) is 13.3. The minimum absolute atomic E-state index is 0.112. The van der Waals surface area contributed by atoms with E-state index in [0.717, 1.165) is 17.7 Å². The van der Waals surface area contributed by atoms with Crippen LogP contribution in [0.4, 0.5) is 5.69 Å². The van der Waals surface area contributed by atoms with Gasteiger partial charge in [0, 0.05) is 29.7 Å². The number of nitrogen functional groups attached to an aromatic ring is 1. The highest BCUT2D eigenvalue weighted by molar-refractivity contribution is 5.44. The maximum Gasteiger partial charge on any atom is 0.0378 e. The van der Waals surface area contributed by atoms with E-state index in [4.69, 9.17) is 11.5 Å². The zero-order valence-electron chi connectivity index (χ0n) is 11.4. The molecule has 1 aromatic heterocycles. The van der Waals surface area contributed by atoms with Crippen molar-refractivity contribution in [2.75, 3.05) is 19.8 Å². The number of hydrogen-bond acceptors (Lipinski definition) is 4. The van der Waals surface area contributed by atoms with E-state index in [0.29, 0.717) is 0 Å². The first-order valence-corrected chi connectivity index (χ1v) is 6.67. The molecule has 0 aliphatic heterocycles. The molecule has 1 heterocycles. The molecule has 18 heavy (non-hydrogen) atoms. The summed E-state index contributed by atoms with van der Waals surface area (Å²) < 4.78 is 0. The molecule has 0 saturated heterocycles. The summed E-state index contributed by atoms with van der Waals surface area (Å²) in [5.74, 6) is 0. The second kappa shape index (κ2) is 5.24. The van der Waals surface area contributed by atoms with Crippen LogP contribution in [-0.2, 0) is 6.42 Å². The first-order valence-electron chi connectivity index (χ1n) is 6.67. The lowest BCUT2D eigenvalue weighted by atomic mass is 9.84. The number of nitrogens with zero attached hydrogens (tertiary/aromatic N) is 2. The van der Waals surface area contributed by atoms with E-state index in [1.807, 2.05) is 12.3 Å². The molecule has 1 aliphatic carbocycles. The van der Waals surface area contributed by atoms with E-state index in [1.165, 1.54) is 25.7 Å². The predicted molar refractivity (Wildman–Crippen MR) is 75.2 cm³/mol. The molecule has 2 rings (SSSR count). The molecular weight excluding hydrogens is 224 g/mol. The standard InChI is InChI=1S/C14H24N4/c1-18(2)14(6-3-4-7-14)13(16)9-11-10-17-8-5-12(11)15/h5,8,10,13H,3-4,6-7,9,16H2,1-2H3,(H2,15,17). The number of pyridine rings is 1. The molecule has 1 fully saturated rings. The van der Waals surface area contributed by atoms with Crippen molar-refractivity contribution in [1.82, 2.24) is 9.88 Å². The Hall–Kier alpha value is -1.13. The monoisotopic (exact) mass is 248 g/mol. The maximum absolute atomic E-state index is 6.49. The summed E-state index contributed by atoms with van der Waals surface area (Å²) in [7, 11) is 4.27. The van der Waals surface area contributed by atoms with Crippen LogP contribution in [0.3, 0.4) is 0 Å². The molecule has 4 nitrogen and oxygen atoms in total. The predicted octanol–water partition coefficient (Wildman–Crippen LogP) is 1.41. The van der Waals surface area contributed by atoms with Gasteiger partial charge in [-0.1, -0.05) is 12.8 Å². The number of nitrogens with two attached hydrogens (primary N) is 2. The van der Waals surface area contributed by atoms with Gasteiger partial charge in [-0.3, -0.25) is 4.98 Å². The Balaban J connectivity index is 2.16. The second-order valence-electron chi connectivity index (χ2n) is 5.59. The summed E-state index contributed by atoms with van der Waals surface area (Å²) in [4.78, 5) is 6.45. The molecule has 0 radical (unpaired) electrons. The first-order chi connectivity index (χ1) is 8.56. The Bertz CT molecular complexity index is 397. The highest BCUT2D eigenvalue weighted by Gasteiger charge is 2.41. The summed E-state index contributed by atoms with van der Waals surface area (Å²) >= 11 is 0. The molecule has 1 unspecified atom stereocenters. The highest BCUT2D eigenvalue weighted by Crippen LogP contribution is 2.37. The zero-order valence-corrected chi connectivity index (χ0v) is 11.4. The van der Waals surface area contributed by atoms with Gasteiger partial charge in [0.1, 0.15) is 0 Å². The van der Waals surface area contributed by atoms with Gasteiger partial charge in [-0.2, -0.15) is 0 Å². The Labute approximate surface area is 109 Å². The fourth-order valence-corrected chi connectivity index (χ4v) is 3.17. The van der Waals surface area contributed by atoms with E-state index in [2.05, 4.69) is 24.0 Å². The fraction of sp³-hybridized carbons (Fsp3) is 0.643. The van der Waals surface area contributed by atoms with Crippen LogP contribution in [0.15, 0.2) is 18.5 Å². The third-order valence-electron chi connectivity index (χ3n) is 4.43. The van der Waals surface area contributed by atoms with Gasteiger partial charge < -0.3 is 16.4 Å². The molecule has 1 aliphatic rings. The summed E-state index contributed by atoms with van der Waals surface area (Å²) in [6.45, 7) is 0. The minimum Gasteiger partial charge on any atom is -0.398 e. The van der Waals surface area contributed by atoms with Crippen LogP contribution >= 0.6 is 0 Å². The smallest absolute Gasteiger partial charge is 0.0378 e. The van der Waals surface area contributed by atoms with Crippen molar-refractivity contribution in [2.24, 2.45) is 5.73 Å². The largest absolute Gasteiger partial charge is 0.398 e. The van der Waals surface area contributed by atoms with Crippen LogP contribution in [0.5, 0.6) is 0 Å². The Kier molecular flexibility index (Phi) is 3.88. The molecule has 0 aromatic carbocycles. The highest BCUT2D eigenvalue weighted by atomic mass is 15.2. The van der Waals surface area contributed by atoms with E-state index in [1.54, 1.807) is 6.20 Å². The topological polar surface area (TPSA) is 68.2 Å². The Morgan fingerprint density at radius 1 is 1.39 bits per heavy atom. The Morgan fingerprint density at radius 3 is 2.61 bits per heavy atom. The van der Waals surface area contributed by atoms with Crippen LogP contribution in [-0.4, -0.2) is 35.6 Å². The van der Waals surface area contributed by atoms with E-state index < -0.39 is 0 Å². The van der Waals surface area contributed by atoms with Crippen molar-refractivity contribution >= 4 is 5.69 Å². The molecule has 4 N–H and O–H groups in total. The van der Waals surface area contributed by atoms with Crippen molar-refractivity contribution in [1.29, 1.82) is 0 Å². The van der Waals surface area contributed by atoms with Crippen LogP contribution in [0, 0.1) is 0 Å². The molecule has 4 heteroatoms. The van der Waals surface area contributed by atoms with Gasteiger partial charge in [-0.15, -0.1) is 0 Å². The van der Waals surface area contributed by atoms with Crippen LogP contribution < -0.4 is 11.5 Å². The average Bonchev–Trinajstić information content (AvgIpc) is 2.82. The number of anilines is 1. The lowest BCUT2D eigenvalue weighted by Crippen LogP contribution is -2.56. The lowest BCUT2D eigenvalue weighted by Gasteiger charge is -2.41. The van der Waals surface area contributed by atoms with Gasteiger partial charge in [0.25, 0.3) is 0 Å². The Morgan fingerprint density at radius 2 is 2.06 bits per heavy atom. The summed E-state index contributed by atoms with van der Waals surface area (Å²) in [5.41, 5.74) is 14.5. The van der Waals surface area contributed by atoms with Crippen molar-refractivity contribution in [3.8, 4) is 0 Å². The molecule has 100 valence electrons. The third-order valence-corrected chi connectivity index (χ3v) is 4.43. The van der Waals surface area contributed by atoms with Crippen LogP contribution in [0.1, 0.15) is 31.2 Å². The quantitative estimate of drug-likeness (QED) is 0.845. The summed E-state index contributed by atoms with van der Waals surface area (Å²) in [6.07, 6.45) is 9.28. The molecule has 1 atom stereocenters. The van der Waals surface area contributed by atoms with E-state index in [-0.39, 0.29) is 11.6 Å². The summed E-state index contributed by atoms with van der Waals surface area (Å²) in [6, 6.07) is 1.96. The van der Waals surface area contributed by atoms with E-state index in [9.17, 15) is 0 Å². The van der Waals surface area contributed by atoms with Gasteiger partial charge in [0.05, 0.1) is 0 Å². The molecule has 0 bridgehead atoms. The zero-order chi connectivity index (χ0) is 13.2. The lowest BCUT2D eigenvalue weighted by molar-refractivity contribution is 0.123. The van der Waals surface area contributed by atoms with Crippen molar-refractivity contribution in [2.45, 2.75) is 43.7 Å². The normalized spacial score (nSPS) is 20.2. The van der Waals surface area contributed by atoms with Gasteiger partial charge in [-0.25, -0.2) is 0 Å². The van der Waals surface area contributed by atoms with Crippen molar-refractivity contribution in [3.63, 3.8) is 0 Å². The number of hydrogen-bond donors (Lipinski definition) is 2. The van der Waals surface area contributed by atoms with Crippen molar-refractivity contribution < 1.29 is 0 Å². The third kappa shape index (κ3) is 2.35. The molecule has 1 saturated carbocycles. The number of likely N-dealkylation sites (N-methyl/N-ethyl adjacent to an activating group) is 1. The number of rotatable bonds is 4.